The summed E-state index contributed by atoms with van der Waals surface area (Å²) in [4.78, 5) is 24.5. The van der Waals surface area contributed by atoms with E-state index in [1.165, 1.54) is 15.3 Å². The van der Waals surface area contributed by atoms with Crippen molar-refractivity contribution in [2.24, 2.45) is 0 Å². The summed E-state index contributed by atoms with van der Waals surface area (Å²) in [7, 11) is 0. The Kier molecular flexibility index (Phi) is 5.17. The van der Waals surface area contributed by atoms with Gasteiger partial charge < -0.3 is 4.74 Å². The lowest BCUT2D eigenvalue weighted by atomic mass is 10.2. The molecular formula is C18H18Cl2N4O3. The molecule has 27 heavy (non-hydrogen) atoms. The fourth-order valence-electron chi connectivity index (χ4n) is 2.43. The number of amides is 1. The first-order valence-corrected chi connectivity index (χ1v) is 8.91. The summed E-state index contributed by atoms with van der Waals surface area (Å²) >= 11 is 11.9. The predicted octanol–water partition coefficient (Wildman–Crippen LogP) is 4.20. The maximum Gasteiger partial charge on any atom is 0.412 e. The van der Waals surface area contributed by atoms with E-state index in [-0.39, 0.29) is 12.2 Å². The summed E-state index contributed by atoms with van der Waals surface area (Å²) < 4.78 is 7.87. The van der Waals surface area contributed by atoms with Crippen LogP contribution in [0.2, 0.25) is 10.0 Å². The number of ether oxygens (including phenoxy) is 1. The Morgan fingerprint density at radius 2 is 1.93 bits per heavy atom. The highest BCUT2D eigenvalue weighted by molar-refractivity contribution is 6.42. The van der Waals surface area contributed by atoms with Crippen LogP contribution in [-0.2, 0) is 11.3 Å². The van der Waals surface area contributed by atoms with Gasteiger partial charge in [-0.1, -0.05) is 29.3 Å². The standard InChI is InChI=1S/C18H18Cl2N4O3/c1-18(2,3)27-16(25)21-12-5-7-15-22-24(17(26)23(15)10-12)9-11-4-6-13(19)14(20)8-11/h4-8,10H,9H2,1-3H3,(H,21,25). The molecule has 7 nitrogen and oxygen atoms in total. The fraction of sp³-hybridized carbons (Fsp3) is 0.278. The molecule has 0 fully saturated rings. The first-order valence-electron chi connectivity index (χ1n) is 8.15. The van der Waals surface area contributed by atoms with Gasteiger partial charge in [0, 0.05) is 6.20 Å². The van der Waals surface area contributed by atoms with Gasteiger partial charge in [0.25, 0.3) is 0 Å². The summed E-state index contributed by atoms with van der Waals surface area (Å²) in [5.41, 5.74) is 0.712. The van der Waals surface area contributed by atoms with Crippen LogP contribution in [0.4, 0.5) is 10.5 Å². The molecule has 0 aliphatic heterocycles. The molecule has 0 saturated heterocycles. The number of aromatic nitrogens is 3. The number of benzene rings is 1. The quantitative estimate of drug-likeness (QED) is 0.704. The van der Waals surface area contributed by atoms with Crippen LogP contribution in [0, 0.1) is 0 Å². The number of nitrogens with one attached hydrogen (secondary N) is 1. The summed E-state index contributed by atoms with van der Waals surface area (Å²) in [6, 6.07) is 8.42. The number of nitrogens with zero attached hydrogens (tertiary/aromatic N) is 3. The van der Waals surface area contributed by atoms with E-state index in [9.17, 15) is 9.59 Å². The molecule has 1 amide bonds. The van der Waals surface area contributed by atoms with Gasteiger partial charge >= 0.3 is 11.8 Å². The molecule has 0 bridgehead atoms. The Balaban J connectivity index is 1.85. The molecule has 2 aromatic heterocycles. The van der Waals surface area contributed by atoms with Crippen LogP contribution in [0.3, 0.4) is 0 Å². The Hall–Kier alpha value is -2.51. The second-order valence-corrected chi connectivity index (χ2v) is 7.78. The lowest BCUT2D eigenvalue weighted by molar-refractivity contribution is 0.0636. The van der Waals surface area contributed by atoms with E-state index in [1.807, 2.05) is 0 Å². The SMILES string of the molecule is CC(C)(C)OC(=O)Nc1ccc2nn(Cc3ccc(Cl)c(Cl)c3)c(=O)n2c1. The molecule has 0 saturated carbocycles. The van der Waals surface area contributed by atoms with E-state index < -0.39 is 11.7 Å². The summed E-state index contributed by atoms with van der Waals surface area (Å²) in [5, 5.41) is 7.74. The molecule has 0 unspecified atom stereocenters. The van der Waals surface area contributed by atoms with Gasteiger partial charge in [-0.25, -0.2) is 18.7 Å². The topological polar surface area (TPSA) is 77.6 Å². The lowest BCUT2D eigenvalue weighted by Gasteiger charge is -2.19. The number of hydrogen-bond donors (Lipinski definition) is 1. The van der Waals surface area contributed by atoms with Crippen molar-refractivity contribution >= 4 is 40.6 Å². The number of carbonyl (C=O) groups is 1. The van der Waals surface area contributed by atoms with Crippen LogP contribution in [0.15, 0.2) is 41.3 Å². The number of fused-ring (bicyclic) bond motifs is 1. The third-order valence-electron chi connectivity index (χ3n) is 3.54. The van der Waals surface area contributed by atoms with Gasteiger partial charge in [-0.15, -0.1) is 5.10 Å². The number of pyridine rings is 1. The zero-order chi connectivity index (χ0) is 19.8. The number of anilines is 1. The van der Waals surface area contributed by atoms with Crippen LogP contribution in [0.25, 0.3) is 5.65 Å². The fourth-order valence-corrected chi connectivity index (χ4v) is 2.75. The van der Waals surface area contributed by atoms with Crippen molar-refractivity contribution in [1.82, 2.24) is 14.2 Å². The van der Waals surface area contributed by atoms with Crippen molar-refractivity contribution in [2.75, 3.05) is 5.32 Å². The van der Waals surface area contributed by atoms with E-state index in [1.54, 1.807) is 51.1 Å². The summed E-state index contributed by atoms with van der Waals surface area (Å²) in [6.07, 6.45) is 0.901. The predicted molar refractivity (Wildman–Crippen MR) is 105 cm³/mol. The van der Waals surface area contributed by atoms with Gasteiger partial charge in [0.2, 0.25) is 0 Å². The molecule has 0 atom stereocenters. The number of carbonyl (C=O) groups excluding carboxylic acids is 1. The minimum atomic E-state index is -0.615. The Morgan fingerprint density at radius 3 is 2.59 bits per heavy atom. The van der Waals surface area contributed by atoms with Crippen molar-refractivity contribution in [2.45, 2.75) is 32.9 Å². The van der Waals surface area contributed by atoms with Gasteiger partial charge in [-0.2, -0.15) is 0 Å². The molecule has 0 radical (unpaired) electrons. The molecule has 9 heteroatoms. The lowest BCUT2D eigenvalue weighted by Crippen LogP contribution is -2.27. The van der Waals surface area contributed by atoms with Gasteiger partial charge in [-0.3, -0.25) is 5.32 Å². The van der Waals surface area contributed by atoms with Crippen LogP contribution < -0.4 is 11.0 Å². The van der Waals surface area contributed by atoms with Gasteiger partial charge in [0.05, 0.1) is 22.3 Å². The molecule has 2 heterocycles. The molecule has 0 spiro atoms. The first-order chi connectivity index (χ1) is 12.6. The third-order valence-corrected chi connectivity index (χ3v) is 4.28. The molecular weight excluding hydrogens is 391 g/mol. The Bertz CT molecular complexity index is 1070. The smallest absolute Gasteiger partial charge is 0.412 e. The van der Waals surface area contributed by atoms with Crippen molar-refractivity contribution in [3.63, 3.8) is 0 Å². The van der Waals surface area contributed by atoms with E-state index in [0.29, 0.717) is 21.4 Å². The highest BCUT2D eigenvalue weighted by Gasteiger charge is 2.17. The minimum absolute atomic E-state index is 0.242. The van der Waals surface area contributed by atoms with Crippen LogP contribution in [0.5, 0.6) is 0 Å². The minimum Gasteiger partial charge on any atom is -0.444 e. The highest BCUT2D eigenvalue weighted by Crippen LogP contribution is 2.22. The van der Waals surface area contributed by atoms with Crippen molar-refractivity contribution in [1.29, 1.82) is 0 Å². The number of rotatable bonds is 3. The number of hydrogen-bond acceptors (Lipinski definition) is 4. The van der Waals surface area contributed by atoms with Crippen LogP contribution in [0.1, 0.15) is 26.3 Å². The average Bonchev–Trinajstić information content (AvgIpc) is 2.85. The zero-order valence-electron chi connectivity index (χ0n) is 15.0. The molecule has 142 valence electrons. The highest BCUT2D eigenvalue weighted by atomic mass is 35.5. The summed E-state index contributed by atoms with van der Waals surface area (Å²) in [5.74, 6) is 0. The van der Waals surface area contributed by atoms with Crippen molar-refractivity contribution in [3.8, 4) is 0 Å². The van der Waals surface area contributed by atoms with Gasteiger partial charge in [0.1, 0.15) is 5.60 Å². The Labute approximate surface area is 165 Å². The third kappa shape index (κ3) is 4.61. The average molecular weight is 409 g/mol. The Morgan fingerprint density at radius 1 is 1.19 bits per heavy atom. The molecule has 0 aliphatic carbocycles. The van der Waals surface area contributed by atoms with Crippen molar-refractivity contribution in [3.05, 3.63) is 62.6 Å². The molecule has 1 aromatic carbocycles. The number of halogens is 2. The monoisotopic (exact) mass is 408 g/mol. The summed E-state index contributed by atoms with van der Waals surface area (Å²) in [6.45, 7) is 5.56. The van der Waals surface area contributed by atoms with Crippen LogP contribution >= 0.6 is 23.2 Å². The van der Waals surface area contributed by atoms with Gasteiger partial charge in [0.15, 0.2) is 5.65 Å². The maximum absolute atomic E-state index is 12.6. The first kappa shape index (κ1) is 19.3. The van der Waals surface area contributed by atoms with Crippen LogP contribution in [-0.4, -0.2) is 25.9 Å². The molecule has 1 N–H and O–H groups in total. The normalized spacial score (nSPS) is 11.6. The van der Waals surface area contributed by atoms with Gasteiger partial charge in [-0.05, 0) is 50.6 Å². The maximum atomic E-state index is 12.6. The van der Waals surface area contributed by atoms with E-state index in [4.69, 9.17) is 27.9 Å². The molecule has 3 aromatic rings. The molecule has 0 aliphatic rings. The second-order valence-electron chi connectivity index (χ2n) is 6.96. The van der Waals surface area contributed by atoms with E-state index in [0.717, 1.165) is 5.56 Å². The second kappa shape index (κ2) is 7.25. The van der Waals surface area contributed by atoms with Crippen molar-refractivity contribution < 1.29 is 9.53 Å². The van der Waals surface area contributed by atoms with E-state index >= 15 is 0 Å². The zero-order valence-corrected chi connectivity index (χ0v) is 16.5. The van der Waals surface area contributed by atoms with E-state index in [2.05, 4.69) is 10.4 Å². The largest absolute Gasteiger partial charge is 0.444 e. The molecule has 3 rings (SSSR count).